The van der Waals surface area contributed by atoms with E-state index in [9.17, 15) is 23.4 Å². The SMILES string of the molecule is CCCCCc1cc(O)c(-c2cccc(C)c2)c(O)c1S(=O)(=O)NC(=O)C(C)(C)C. The van der Waals surface area contributed by atoms with Crippen LogP contribution in [-0.2, 0) is 21.2 Å². The van der Waals surface area contributed by atoms with Gasteiger partial charge in [0.05, 0.1) is 5.56 Å². The minimum atomic E-state index is -4.36. The van der Waals surface area contributed by atoms with Crippen molar-refractivity contribution in [3.63, 3.8) is 0 Å². The normalized spacial score (nSPS) is 12.0. The number of phenols is 2. The van der Waals surface area contributed by atoms with Crippen LogP contribution < -0.4 is 4.72 Å². The molecular formula is C23H31NO5S. The zero-order valence-electron chi connectivity index (χ0n) is 18.2. The van der Waals surface area contributed by atoms with Gasteiger partial charge in [-0.1, -0.05) is 70.4 Å². The Morgan fingerprint density at radius 2 is 1.77 bits per heavy atom. The number of aromatic hydroxyl groups is 2. The van der Waals surface area contributed by atoms with E-state index in [-0.39, 0.29) is 21.8 Å². The molecule has 0 aliphatic rings. The number of carbonyl (C=O) groups is 1. The second kappa shape index (κ2) is 9.08. The summed E-state index contributed by atoms with van der Waals surface area (Å²) >= 11 is 0. The molecule has 0 aromatic heterocycles. The van der Waals surface area contributed by atoms with Crippen LogP contribution in [0.2, 0.25) is 0 Å². The number of rotatable bonds is 7. The van der Waals surface area contributed by atoms with E-state index in [0.717, 1.165) is 18.4 Å². The van der Waals surface area contributed by atoms with E-state index in [0.29, 0.717) is 18.4 Å². The summed E-state index contributed by atoms with van der Waals surface area (Å²) in [6.07, 6.45) is 2.84. The van der Waals surface area contributed by atoms with Gasteiger partial charge in [-0.15, -0.1) is 0 Å². The highest BCUT2D eigenvalue weighted by Crippen LogP contribution is 2.44. The van der Waals surface area contributed by atoms with Gasteiger partial charge in [-0.05, 0) is 37.0 Å². The molecule has 0 radical (unpaired) electrons. The quantitative estimate of drug-likeness (QED) is 0.551. The maximum Gasteiger partial charge on any atom is 0.268 e. The topological polar surface area (TPSA) is 104 Å². The zero-order valence-corrected chi connectivity index (χ0v) is 19.1. The van der Waals surface area contributed by atoms with E-state index >= 15 is 0 Å². The van der Waals surface area contributed by atoms with E-state index in [4.69, 9.17) is 0 Å². The first kappa shape index (κ1) is 23.7. The molecule has 6 nitrogen and oxygen atoms in total. The Hall–Kier alpha value is -2.54. The second-order valence-corrected chi connectivity index (χ2v) is 10.2. The monoisotopic (exact) mass is 433 g/mol. The second-order valence-electron chi connectivity index (χ2n) is 8.62. The van der Waals surface area contributed by atoms with Crippen LogP contribution in [0.1, 0.15) is 58.1 Å². The Kier molecular flexibility index (Phi) is 7.18. The van der Waals surface area contributed by atoms with E-state index in [1.54, 1.807) is 39.0 Å². The lowest BCUT2D eigenvalue weighted by Gasteiger charge is -2.21. The summed E-state index contributed by atoms with van der Waals surface area (Å²) in [6.45, 7) is 8.70. The highest BCUT2D eigenvalue weighted by atomic mass is 32.2. The molecule has 0 aliphatic heterocycles. The molecule has 164 valence electrons. The highest BCUT2D eigenvalue weighted by Gasteiger charge is 2.32. The predicted molar refractivity (Wildman–Crippen MR) is 118 cm³/mol. The first-order valence-corrected chi connectivity index (χ1v) is 11.6. The van der Waals surface area contributed by atoms with Crippen LogP contribution in [0, 0.1) is 12.3 Å². The summed E-state index contributed by atoms with van der Waals surface area (Å²) in [6, 6.07) is 8.42. The van der Waals surface area contributed by atoms with Gasteiger partial charge in [0, 0.05) is 5.41 Å². The van der Waals surface area contributed by atoms with Crippen molar-refractivity contribution in [2.75, 3.05) is 0 Å². The van der Waals surface area contributed by atoms with Crippen LogP contribution in [0.15, 0.2) is 35.2 Å². The number of unbranched alkanes of at least 4 members (excludes halogenated alkanes) is 2. The van der Waals surface area contributed by atoms with Gasteiger partial charge in [-0.25, -0.2) is 13.1 Å². The molecule has 0 fully saturated rings. The fraction of sp³-hybridized carbons (Fsp3) is 0.435. The maximum absolute atomic E-state index is 13.2. The molecule has 0 aliphatic carbocycles. The molecule has 0 saturated heterocycles. The Labute approximate surface area is 179 Å². The van der Waals surface area contributed by atoms with E-state index in [1.807, 2.05) is 19.9 Å². The Bertz CT molecular complexity index is 1040. The standard InChI is InChI=1S/C23H31NO5S/c1-6-7-8-11-17-14-18(25)19(16-12-9-10-15(2)13-16)20(26)21(17)30(28,29)24-22(27)23(3,4)5/h9-10,12-14,25-26H,6-8,11H2,1-5H3,(H,24,27). The molecule has 0 heterocycles. The fourth-order valence-corrected chi connectivity index (χ4v) is 4.67. The smallest absolute Gasteiger partial charge is 0.268 e. The largest absolute Gasteiger partial charge is 0.507 e. The first-order chi connectivity index (χ1) is 13.9. The third-order valence-corrected chi connectivity index (χ3v) is 6.29. The van der Waals surface area contributed by atoms with Gasteiger partial charge >= 0.3 is 0 Å². The summed E-state index contributed by atoms with van der Waals surface area (Å²) in [5.74, 6) is -1.43. The van der Waals surface area contributed by atoms with Gasteiger partial charge in [-0.2, -0.15) is 0 Å². The summed E-state index contributed by atoms with van der Waals surface area (Å²) in [5, 5.41) is 21.6. The summed E-state index contributed by atoms with van der Waals surface area (Å²) in [5.41, 5.74) is 0.763. The van der Waals surface area contributed by atoms with Crippen molar-refractivity contribution in [1.82, 2.24) is 4.72 Å². The van der Waals surface area contributed by atoms with E-state index in [1.165, 1.54) is 6.07 Å². The highest BCUT2D eigenvalue weighted by molar-refractivity contribution is 7.90. The van der Waals surface area contributed by atoms with Crippen LogP contribution in [0.5, 0.6) is 11.5 Å². The van der Waals surface area contributed by atoms with Gasteiger partial charge in [-0.3, -0.25) is 4.79 Å². The minimum Gasteiger partial charge on any atom is -0.507 e. The van der Waals surface area contributed by atoms with Crippen molar-refractivity contribution in [2.45, 2.75) is 65.2 Å². The lowest BCUT2D eigenvalue weighted by Crippen LogP contribution is -2.39. The maximum atomic E-state index is 13.2. The predicted octanol–water partition coefficient (Wildman–Crippen LogP) is 4.66. The van der Waals surface area contributed by atoms with Crippen molar-refractivity contribution in [3.05, 3.63) is 41.5 Å². The lowest BCUT2D eigenvalue weighted by molar-refractivity contribution is -0.126. The van der Waals surface area contributed by atoms with Gasteiger partial charge in [0.25, 0.3) is 10.0 Å². The van der Waals surface area contributed by atoms with Gasteiger partial charge in [0.15, 0.2) is 0 Å². The molecule has 2 rings (SSSR count). The van der Waals surface area contributed by atoms with E-state index < -0.39 is 27.1 Å². The molecule has 1 amide bonds. The van der Waals surface area contributed by atoms with Crippen molar-refractivity contribution in [2.24, 2.45) is 5.41 Å². The van der Waals surface area contributed by atoms with Gasteiger partial charge < -0.3 is 10.2 Å². The number of sulfonamides is 1. The van der Waals surface area contributed by atoms with Crippen LogP contribution in [-0.4, -0.2) is 24.5 Å². The van der Waals surface area contributed by atoms with Crippen LogP contribution in [0.4, 0.5) is 0 Å². The number of hydrogen-bond donors (Lipinski definition) is 3. The summed E-state index contributed by atoms with van der Waals surface area (Å²) < 4.78 is 28.4. The average molecular weight is 434 g/mol. The molecule has 3 N–H and O–H groups in total. The Balaban J connectivity index is 2.70. The van der Waals surface area contributed by atoms with Crippen LogP contribution in [0.3, 0.4) is 0 Å². The average Bonchev–Trinajstić information content (AvgIpc) is 2.60. The van der Waals surface area contributed by atoms with Crippen molar-refractivity contribution in [3.8, 4) is 22.6 Å². The third kappa shape index (κ3) is 5.33. The first-order valence-electron chi connectivity index (χ1n) is 10.1. The number of aryl methyl sites for hydroxylation is 2. The number of amides is 1. The molecule has 0 bridgehead atoms. The molecular weight excluding hydrogens is 402 g/mol. The molecule has 0 atom stereocenters. The molecule has 30 heavy (non-hydrogen) atoms. The summed E-state index contributed by atoms with van der Waals surface area (Å²) in [4.78, 5) is 12.0. The number of hydrogen-bond acceptors (Lipinski definition) is 5. The van der Waals surface area contributed by atoms with E-state index in [2.05, 4.69) is 4.72 Å². The molecule has 0 spiro atoms. The molecule has 0 unspecified atom stereocenters. The number of nitrogens with one attached hydrogen (secondary N) is 1. The van der Waals surface area contributed by atoms with Crippen molar-refractivity contribution >= 4 is 15.9 Å². The zero-order chi connectivity index (χ0) is 22.7. The van der Waals surface area contributed by atoms with Gasteiger partial charge in [0.2, 0.25) is 5.91 Å². The van der Waals surface area contributed by atoms with Crippen molar-refractivity contribution in [1.29, 1.82) is 0 Å². The molecule has 2 aromatic carbocycles. The number of carbonyl (C=O) groups excluding carboxylic acids is 1. The molecule has 7 heteroatoms. The fourth-order valence-electron chi connectivity index (χ4n) is 3.15. The summed E-state index contributed by atoms with van der Waals surface area (Å²) in [7, 11) is -4.36. The van der Waals surface area contributed by atoms with Crippen LogP contribution in [0.25, 0.3) is 11.1 Å². The van der Waals surface area contributed by atoms with Crippen LogP contribution >= 0.6 is 0 Å². The number of phenolic OH excluding ortho intramolecular Hbond substituents is 2. The molecule has 2 aromatic rings. The lowest BCUT2D eigenvalue weighted by atomic mass is 9.96. The number of benzene rings is 2. The Morgan fingerprint density at radius 3 is 2.33 bits per heavy atom. The minimum absolute atomic E-state index is 0.0292. The molecule has 0 saturated carbocycles. The van der Waals surface area contributed by atoms with Crippen molar-refractivity contribution < 1.29 is 23.4 Å². The Morgan fingerprint density at radius 1 is 1.10 bits per heavy atom. The third-order valence-electron chi connectivity index (χ3n) is 4.84. The van der Waals surface area contributed by atoms with Gasteiger partial charge in [0.1, 0.15) is 16.4 Å².